The number of carbonyl (C=O) groups excluding carboxylic acids is 1. The highest BCUT2D eigenvalue weighted by molar-refractivity contribution is 5.76. The molecular weight excluding hydrogens is 468 g/mol. The molecule has 2 aliphatic heterocycles. The normalized spacial score (nSPS) is 41.6. The van der Waals surface area contributed by atoms with Crippen LogP contribution in [0, 0.1) is 29.6 Å². The fourth-order valence-electron chi connectivity index (χ4n) is 8.76. The molecule has 7 heteroatoms. The summed E-state index contributed by atoms with van der Waals surface area (Å²) in [6.07, 6.45) is 12.1. The minimum absolute atomic E-state index is 0.0391. The van der Waals surface area contributed by atoms with Crippen LogP contribution in [0.3, 0.4) is 0 Å². The summed E-state index contributed by atoms with van der Waals surface area (Å²) in [5, 5.41) is 0. The third-order valence-corrected chi connectivity index (χ3v) is 10.7. The maximum atomic E-state index is 11.3. The van der Waals surface area contributed by atoms with Crippen molar-refractivity contribution in [1.82, 2.24) is 4.90 Å². The van der Waals surface area contributed by atoms with Crippen LogP contribution < -0.4 is 10.5 Å². The molecule has 0 atom stereocenters. The number of hydrogen-bond donors (Lipinski definition) is 1. The molecule has 2 saturated heterocycles. The molecule has 2 N–H and O–H groups in total. The number of nitrogens with two attached hydrogens (primary N) is 1. The van der Waals surface area contributed by atoms with Crippen molar-refractivity contribution < 1.29 is 24.0 Å². The van der Waals surface area contributed by atoms with Crippen LogP contribution in [-0.2, 0) is 19.3 Å². The predicted octanol–water partition coefficient (Wildman–Crippen LogP) is 4.75. The summed E-state index contributed by atoms with van der Waals surface area (Å²) in [5.41, 5.74) is 6.81. The lowest BCUT2D eigenvalue weighted by Gasteiger charge is -2.57. The lowest BCUT2D eigenvalue weighted by atomic mass is 9.53. The van der Waals surface area contributed by atoms with Gasteiger partial charge in [0.05, 0.1) is 0 Å². The largest absolute Gasteiger partial charge is 0.492 e. The molecule has 0 unspecified atom stereocenters. The van der Waals surface area contributed by atoms with E-state index >= 15 is 0 Å². The van der Waals surface area contributed by atoms with Crippen LogP contribution in [0.5, 0.6) is 5.75 Å². The highest BCUT2D eigenvalue weighted by Crippen LogP contribution is 2.64. The summed E-state index contributed by atoms with van der Waals surface area (Å²) >= 11 is 0. The van der Waals surface area contributed by atoms with Crippen LogP contribution in [0.2, 0.25) is 0 Å². The Morgan fingerprint density at radius 1 is 0.919 bits per heavy atom. The Kier molecular flexibility index (Phi) is 6.26. The lowest BCUT2D eigenvalue weighted by Crippen LogP contribution is -2.59. The van der Waals surface area contributed by atoms with Gasteiger partial charge in [-0.3, -0.25) is 9.69 Å². The first-order valence-corrected chi connectivity index (χ1v) is 14.8. The van der Waals surface area contributed by atoms with Gasteiger partial charge in [-0.1, -0.05) is 12.1 Å². The van der Waals surface area contributed by atoms with Crippen LogP contribution in [0.25, 0.3) is 0 Å². The zero-order valence-electron chi connectivity index (χ0n) is 21.9. The third kappa shape index (κ3) is 4.50. The Bertz CT molecular complexity index is 952. The number of amides is 1. The Morgan fingerprint density at radius 3 is 2.19 bits per heavy atom. The highest BCUT2D eigenvalue weighted by atomic mass is 17.3. The van der Waals surface area contributed by atoms with Crippen molar-refractivity contribution in [3.63, 3.8) is 0 Å². The molecule has 7 fully saturated rings. The van der Waals surface area contributed by atoms with Crippen LogP contribution in [0.1, 0.15) is 82.1 Å². The van der Waals surface area contributed by atoms with Gasteiger partial charge >= 0.3 is 0 Å². The molecule has 5 saturated carbocycles. The predicted molar refractivity (Wildman–Crippen MR) is 137 cm³/mol. The number of carbonyl (C=O) groups is 1. The molecule has 202 valence electrons. The first kappa shape index (κ1) is 24.4. The van der Waals surface area contributed by atoms with E-state index in [9.17, 15) is 4.79 Å². The second-order valence-corrected chi connectivity index (χ2v) is 12.9. The second-order valence-electron chi connectivity index (χ2n) is 12.9. The Labute approximate surface area is 220 Å². The fraction of sp³-hybridized carbons (Fsp3) is 0.767. The standard InChI is InChI=1S/C30H42N2O5/c31-28(33)24-7-11-32(12-8-24)13-14-34-27-3-1-22(2-4-27)23-5-9-29(10-6-23)35-30(37-36-29)25-16-20-15-21(18-25)19-26(30)17-20/h1-4,20-21,23-26H,5-19H2,(H2,31,33)/t20?,21?,23-,25?,26?,29+,30-. The van der Waals surface area contributed by atoms with Crippen LogP contribution in [0.15, 0.2) is 24.3 Å². The minimum Gasteiger partial charge on any atom is -0.492 e. The summed E-state index contributed by atoms with van der Waals surface area (Å²) in [6, 6.07) is 8.66. The second kappa shape index (κ2) is 9.51. The number of piperidine rings is 1. The molecule has 7 nitrogen and oxygen atoms in total. The summed E-state index contributed by atoms with van der Waals surface area (Å²) in [5.74, 6) is 3.14. The first-order chi connectivity index (χ1) is 18.0. The van der Waals surface area contributed by atoms with E-state index in [1.54, 1.807) is 0 Å². The zero-order valence-corrected chi connectivity index (χ0v) is 21.9. The first-order valence-electron chi connectivity index (χ1n) is 14.8. The average Bonchev–Trinajstić information content (AvgIpc) is 3.28. The van der Waals surface area contributed by atoms with Gasteiger partial charge in [-0.15, -0.1) is 0 Å². The van der Waals surface area contributed by atoms with Crippen molar-refractivity contribution in [1.29, 1.82) is 0 Å². The molecule has 37 heavy (non-hydrogen) atoms. The molecule has 4 bridgehead atoms. The van der Waals surface area contributed by atoms with Crippen molar-refractivity contribution >= 4 is 5.91 Å². The molecule has 8 rings (SSSR count). The van der Waals surface area contributed by atoms with Crippen molar-refractivity contribution in [3.05, 3.63) is 29.8 Å². The van der Waals surface area contributed by atoms with Gasteiger partial charge in [0.15, 0.2) is 0 Å². The van der Waals surface area contributed by atoms with Crippen LogP contribution in [-0.4, -0.2) is 48.6 Å². The van der Waals surface area contributed by atoms with Gasteiger partial charge in [0.2, 0.25) is 17.5 Å². The SMILES string of the molecule is NC(=O)C1CCN(CCOc2ccc([C@H]3CC[C@]4(CC3)OO[C@]3(O4)C4CC5CC(C4)CC3C5)cc2)CC1. The average molecular weight is 511 g/mol. The molecule has 0 radical (unpaired) electrons. The van der Waals surface area contributed by atoms with E-state index in [-0.39, 0.29) is 11.8 Å². The maximum Gasteiger partial charge on any atom is 0.220 e. The molecular formula is C30H42N2O5. The topological polar surface area (TPSA) is 83.3 Å². The highest BCUT2D eigenvalue weighted by Gasteiger charge is 2.66. The smallest absolute Gasteiger partial charge is 0.220 e. The van der Waals surface area contributed by atoms with Crippen molar-refractivity contribution in [2.45, 2.75) is 88.1 Å². The number of likely N-dealkylation sites (tertiary alicyclic amines) is 1. The number of ether oxygens (including phenoxy) is 2. The van der Waals surface area contributed by atoms with Crippen LogP contribution >= 0.6 is 0 Å². The molecule has 1 aromatic carbocycles. The molecule has 1 amide bonds. The van der Waals surface area contributed by atoms with Gasteiger partial charge in [-0.05, 0) is 106 Å². The van der Waals surface area contributed by atoms with Gasteiger partial charge in [-0.25, -0.2) is 0 Å². The molecule has 0 aromatic heterocycles. The van der Waals surface area contributed by atoms with Crippen molar-refractivity contribution in [2.24, 2.45) is 35.3 Å². The van der Waals surface area contributed by atoms with E-state index in [0.29, 0.717) is 24.4 Å². The summed E-state index contributed by atoms with van der Waals surface area (Å²) in [6.45, 7) is 3.37. The summed E-state index contributed by atoms with van der Waals surface area (Å²) in [7, 11) is 0. The monoisotopic (exact) mass is 510 g/mol. The van der Waals surface area contributed by atoms with Gasteiger partial charge in [0.1, 0.15) is 12.4 Å². The zero-order chi connectivity index (χ0) is 25.0. The van der Waals surface area contributed by atoms with E-state index in [1.165, 1.54) is 37.7 Å². The van der Waals surface area contributed by atoms with Gasteiger partial charge in [0, 0.05) is 37.1 Å². The minimum atomic E-state index is -0.541. The fourth-order valence-corrected chi connectivity index (χ4v) is 8.76. The van der Waals surface area contributed by atoms with Crippen molar-refractivity contribution in [3.8, 4) is 5.75 Å². The number of benzene rings is 1. The van der Waals surface area contributed by atoms with Gasteiger partial charge < -0.3 is 15.2 Å². The number of primary amides is 1. The van der Waals surface area contributed by atoms with E-state index in [0.717, 1.165) is 75.7 Å². The molecule has 2 spiro atoms. The van der Waals surface area contributed by atoms with E-state index in [1.807, 2.05) is 0 Å². The quantitative estimate of drug-likeness (QED) is 0.556. The van der Waals surface area contributed by atoms with Crippen LogP contribution in [0.4, 0.5) is 0 Å². The summed E-state index contributed by atoms with van der Waals surface area (Å²) < 4.78 is 12.9. The number of nitrogens with zero attached hydrogens (tertiary/aromatic N) is 1. The van der Waals surface area contributed by atoms with E-state index in [2.05, 4.69) is 29.2 Å². The van der Waals surface area contributed by atoms with E-state index < -0.39 is 11.6 Å². The van der Waals surface area contributed by atoms with Crippen molar-refractivity contribution in [2.75, 3.05) is 26.2 Å². The Balaban J connectivity index is 0.888. The molecule has 5 aliphatic carbocycles. The molecule has 2 heterocycles. The third-order valence-electron chi connectivity index (χ3n) is 10.7. The maximum absolute atomic E-state index is 11.3. The Morgan fingerprint density at radius 2 is 1.57 bits per heavy atom. The Hall–Kier alpha value is -1.67. The number of rotatable bonds is 6. The van der Waals surface area contributed by atoms with Gasteiger partial charge in [0.25, 0.3) is 0 Å². The summed E-state index contributed by atoms with van der Waals surface area (Å²) in [4.78, 5) is 26.0. The van der Waals surface area contributed by atoms with E-state index in [4.69, 9.17) is 25.0 Å². The number of hydrogen-bond acceptors (Lipinski definition) is 6. The lowest BCUT2D eigenvalue weighted by molar-refractivity contribution is -0.390. The molecule has 1 aromatic rings. The molecule has 7 aliphatic rings. The van der Waals surface area contributed by atoms with Gasteiger partial charge in [-0.2, -0.15) is 9.78 Å².